The third-order valence-electron chi connectivity index (χ3n) is 2.51. The highest BCUT2D eigenvalue weighted by molar-refractivity contribution is 7.25. The molecule has 0 saturated heterocycles. The van der Waals surface area contributed by atoms with Crippen LogP contribution in [0.5, 0.6) is 0 Å². The van der Waals surface area contributed by atoms with Crippen LogP contribution in [0.15, 0.2) is 36.5 Å². The fraction of sp³-hybridized carbons (Fsp3) is 0.0833. The van der Waals surface area contributed by atoms with E-state index in [1.165, 1.54) is 31.4 Å². The molecule has 3 rings (SSSR count). The Kier molecular flexibility index (Phi) is 2.47. The van der Waals surface area contributed by atoms with Gasteiger partial charge in [-0.15, -0.1) is 11.3 Å². The molecule has 0 unspecified atom stereocenters. The molecule has 0 aliphatic rings. The van der Waals surface area contributed by atoms with Gasteiger partial charge in [0.1, 0.15) is 0 Å². The molecule has 0 spiro atoms. The molecular formula is C12H10N2S2. The standard InChI is InChI=1S/C12H10N2S2/c13-6-9-7-14-16-12(9)11-5-8-3-1-2-4-10(8)15-11/h1-5,7H,6,13H2. The Morgan fingerprint density at radius 1 is 1.25 bits per heavy atom. The van der Waals surface area contributed by atoms with Crippen molar-refractivity contribution in [3.63, 3.8) is 0 Å². The van der Waals surface area contributed by atoms with Crippen molar-refractivity contribution < 1.29 is 0 Å². The second-order valence-corrected chi connectivity index (χ2v) is 5.42. The molecule has 0 fully saturated rings. The normalized spacial score (nSPS) is 11.1. The Balaban J connectivity index is 2.19. The van der Waals surface area contributed by atoms with E-state index in [2.05, 4.69) is 34.7 Å². The van der Waals surface area contributed by atoms with Crippen LogP contribution in [-0.4, -0.2) is 4.37 Å². The maximum absolute atomic E-state index is 5.70. The van der Waals surface area contributed by atoms with E-state index in [0.717, 1.165) is 5.56 Å². The number of rotatable bonds is 2. The van der Waals surface area contributed by atoms with Gasteiger partial charge in [-0.05, 0) is 29.1 Å². The molecule has 2 heterocycles. The summed E-state index contributed by atoms with van der Waals surface area (Å²) < 4.78 is 5.52. The van der Waals surface area contributed by atoms with Gasteiger partial charge in [0, 0.05) is 27.9 Å². The average molecular weight is 246 g/mol. The first kappa shape index (κ1) is 9.96. The predicted molar refractivity (Wildman–Crippen MR) is 70.8 cm³/mol. The minimum absolute atomic E-state index is 0.556. The highest BCUT2D eigenvalue weighted by atomic mass is 32.1. The van der Waals surface area contributed by atoms with E-state index in [1.807, 2.05) is 6.20 Å². The maximum Gasteiger partial charge on any atom is 0.0694 e. The van der Waals surface area contributed by atoms with Crippen molar-refractivity contribution in [2.45, 2.75) is 6.54 Å². The molecular weight excluding hydrogens is 236 g/mol. The van der Waals surface area contributed by atoms with Crippen molar-refractivity contribution in [2.24, 2.45) is 5.73 Å². The molecule has 0 amide bonds. The fourth-order valence-corrected chi connectivity index (χ4v) is 3.66. The van der Waals surface area contributed by atoms with Crippen LogP contribution in [0.2, 0.25) is 0 Å². The lowest BCUT2D eigenvalue weighted by Crippen LogP contribution is -1.94. The zero-order chi connectivity index (χ0) is 11.0. The highest BCUT2D eigenvalue weighted by Crippen LogP contribution is 2.36. The molecule has 0 aliphatic carbocycles. The van der Waals surface area contributed by atoms with Crippen molar-refractivity contribution in [2.75, 3.05) is 0 Å². The second kappa shape index (κ2) is 3.97. The summed E-state index contributed by atoms with van der Waals surface area (Å²) in [5, 5.41) is 1.29. The molecule has 2 aromatic heterocycles. The number of hydrogen-bond acceptors (Lipinski definition) is 4. The minimum Gasteiger partial charge on any atom is -0.326 e. The first-order chi connectivity index (χ1) is 7.88. The number of nitrogens with two attached hydrogens (primary N) is 1. The van der Waals surface area contributed by atoms with Crippen LogP contribution in [0.3, 0.4) is 0 Å². The smallest absolute Gasteiger partial charge is 0.0694 e. The topological polar surface area (TPSA) is 38.9 Å². The van der Waals surface area contributed by atoms with Crippen molar-refractivity contribution in [1.29, 1.82) is 0 Å². The van der Waals surface area contributed by atoms with Gasteiger partial charge in [-0.2, -0.15) is 0 Å². The van der Waals surface area contributed by atoms with Crippen LogP contribution in [-0.2, 0) is 6.54 Å². The molecule has 80 valence electrons. The molecule has 1 aromatic carbocycles. The van der Waals surface area contributed by atoms with Gasteiger partial charge in [-0.3, -0.25) is 0 Å². The van der Waals surface area contributed by atoms with Crippen LogP contribution >= 0.6 is 22.9 Å². The van der Waals surface area contributed by atoms with E-state index in [1.54, 1.807) is 11.3 Å². The number of thiophene rings is 1. The van der Waals surface area contributed by atoms with E-state index in [-0.39, 0.29) is 0 Å². The number of nitrogens with zero attached hydrogens (tertiary/aromatic N) is 1. The molecule has 0 aliphatic heterocycles. The Morgan fingerprint density at radius 2 is 2.12 bits per heavy atom. The van der Waals surface area contributed by atoms with E-state index < -0.39 is 0 Å². The van der Waals surface area contributed by atoms with Gasteiger partial charge in [0.25, 0.3) is 0 Å². The minimum atomic E-state index is 0.556. The van der Waals surface area contributed by atoms with Crippen molar-refractivity contribution in [3.8, 4) is 9.75 Å². The molecule has 2 N–H and O–H groups in total. The predicted octanol–water partition coefficient (Wildman–Crippen LogP) is 3.48. The van der Waals surface area contributed by atoms with Gasteiger partial charge >= 0.3 is 0 Å². The molecule has 0 radical (unpaired) electrons. The van der Waals surface area contributed by atoms with Crippen LogP contribution in [0.4, 0.5) is 0 Å². The summed E-state index contributed by atoms with van der Waals surface area (Å²) in [7, 11) is 0. The number of aromatic nitrogens is 1. The Morgan fingerprint density at radius 3 is 2.94 bits per heavy atom. The average Bonchev–Trinajstić information content (AvgIpc) is 2.94. The van der Waals surface area contributed by atoms with E-state index in [0.29, 0.717) is 6.54 Å². The lowest BCUT2D eigenvalue weighted by Gasteiger charge is -1.94. The molecule has 4 heteroatoms. The molecule has 0 bridgehead atoms. The third kappa shape index (κ3) is 1.55. The number of benzene rings is 1. The first-order valence-corrected chi connectivity index (χ1v) is 6.60. The lowest BCUT2D eigenvalue weighted by molar-refractivity contribution is 1.08. The van der Waals surface area contributed by atoms with E-state index in [9.17, 15) is 0 Å². The summed E-state index contributed by atoms with van der Waals surface area (Å²) in [4.78, 5) is 2.48. The summed E-state index contributed by atoms with van der Waals surface area (Å²) in [6, 6.07) is 10.6. The maximum atomic E-state index is 5.70. The summed E-state index contributed by atoms with van der Waals surface area (Å²) in [6.07, 6.45) is 1.87. The number of hydrogen-bond donors (Lipinski definition) is 1. The van der Waals surface area contributed by atoms with Crippen LogP contribution in [0, 0.1) is 0 Å². The van der Waals surface area contributed by atoms with Crippen molar-refractivity contribution >= 4 is 33.0 Å². The Bertz CT molecular complexity index is 592. The quantitative estimate of drug-likeness (QED) is 0.751. The Hall–Kier alpha value is -1.23. The second-order valence-electron chi connectivity index (χ2n) is 3.53. The van der Waals surface area contributed by atoms with Gasteiger partial charge in [-0.25, -0.2) is 4.37 Å². The summed E-state index contributed by atoms with van der Waals surface area (Å²) in [5.41, 5.74) is 6.83. The van der Waals surface area contributed by atoms with Crippen LogP contribution in [0.1, 0.15) is 5.56 Å². The molecule has 2 nitrogen and oxygen atoms in total. The molecule has 3 aromatic rings. The van der Waals surface area contributed by atoms with E-state index in [4.69, 9.17) is 5.73 Å². The molecule has 16 heavy (non-hydrogen) atoms. The van der Waals surface area contributed by atoms with Gasteiger partial charge in [0.2, 0.25) is 0 Å². The zero-order valence-electron chi connectivity index (χ0n) is 8.51. The van der Waals surface area contributed by atoms with Gasteiger partial charge in [0.15, 0.2) is 0 Å². The van der Waals surface area contributed by atoms with Crippen LogP contribution < -0.4 is 5.73 Å². The van der Waals surface area contributed by atoms with Crippen molar-refractivity contribution in [3.05, 3.63) is 42.1 Å². The van der Waals surface area contributed by atoms with Crippen LogP contribution in [0.25, 0.3) is 19.8 Å². The summed E-state index contributed by atoms with van der Waals surface area (Å²) >= 11 is 3.32. The molecule has 0 saturated carbocycles. The van der Waals surface area contributed by atoms with E-state index >= 15 is 0 Å². The lowest BCUT2D eigenvalue weighted by atomic mass is 10.2. The Labute approximate surface area is 102 Å². The van der Waals surface area contributed by atoms with Crippen molar-refractivity contribution in [1.82, 2.24) is 4.37 Å². The summed E-state index contributed by atoms with van der Waals surface area (Å²) in [6.45, 7) is 0.556. The SMILES string of the molecule is NCc1cnsc1-c1cc2ccccc2s1. The fourth-order valence-electron chi connectivity index (χ4n) is 1.70. The summed E-state index contributed by atoms with van der Waals surface area (Å²) in [5.74, 6) is 0. The largest absolute Gasteiger partial charge is 0.326 e. The van der Waals surface area contributed by atoms with Gasteiger partial charge < -0.3 is 5.73 Å². The van der Waals surface area contributed by atoms with Gasteiger partial charge in [-0.1, -0.05) is 18.2 Å². The third-order valence-corrected chi connectivity index (χ3v) is 4.65. The highest BCUT2D eigenvalue weighted by Gasteiger charge is 2.10. The zero-order valence-corrected chi connectivity index (χ0v) is 10.1. The molecule has 0 atom stereocenters. The monoisotopic (exact) mass is 246 g/mol. The van der Waals surface area contributed by atoms with Gasteiger partial charge in [0.05, 0.1) is 4.88 Å². The number of fused-ring (bicyclic) bond motifs is 1. The first-order valence-electron chi connectivity index (χ1n) is 5.01.